The van der Waals surface area contributed by atoms with E-state index in [2.05, 4.69) is 10.3 Å². The van der Waals surface area contributed by atoms with Crippen molar-refractivity contribution in [3.05, 3.63) is 66.5 Å². The maximum Gasteiger partial charge on any atom is 0.286 e. The summed E-state index contributed by atoms with van der Waals surface area (Å²) in [6, 6.07) is 14.6. The first kappa shape index (κ1) is 20.0. The number of carbonyl (C=O) groups is 2. The van der Waals surface area contributed by atoms with E-state index >= 15 is 0 Å². The van der Waals surface area contributed by atoms with E-state index in [1.165, 1.54) is 16.7 Å². The molecule has 0 saturated heterocycles. The predicted octanol–water partition coefficient (Wildman–Crippen LogP) is 4.62. The van der Waals surface area contributed by atoms with Gasteiger partial charge in [0.05, 0.1) is 5.69 Å². The van der Waals surface area contributed by atoms with Crippen molar-refractivity contribution >= 4 is 40.4 Å². The zero-order valence-electron chi connectivity index (χ0n) is 15.7. The van der Waals surface area contributed by atoms with E-state index in [-0.39, 0.29) is 11.1 Å². The third kappa shape index (κ3) is 4.58. The van der Waals surface area contributed by atoms with Gasteiger partial charge in [0.25, 0.3) is 11.1 Å². The molecule has 0 fully saturated rings. The second-order valence-corrected chi connectivity index (χ2v) is 7.81. The molecule has 0 spiro atoms. The fourth-order valence-corrected chi connectivity index (χ4v) is 3.75. The molecule has 0 bridgehead atoms. The average molecular weight is 413 g/mol. The highest BCUT2D eigenvalue weighted by Crippen LogP contribution is 2.29. The summed E-state index contributed by atoms with van der Waals surface area (Å²) >= 11 is 2.62. The molecule has 0 saturated carbocycles. The minimum Gasteiger partial charge on any atom is -0.339 e. The Bertz CT molecular complexity index is 1000. The molecular weight excluding hydrogens is 392 g/mol. The Labute approximate surface area is 172 Å². The molecule has 28 heavy (non-hydrogen) atoms. The Morgan fingerprint density at radius 1 is 1.11 bits per heavy atom. The standard InChI is InChI=1S/C20H20N4O2S2/c1-23(2)20(26)28-17-10-5-4-9-16(17)22-18(25)14-7-6-8-15(13-14)24-12-11-21-19(24)27-3/h4-13H,1-3H3,(H,22,25). The number of nitrogens with one attached hydrogen (secondary N) is 1. The monoisotopic (exact) mass is 412 g/mol. The van der Waals surface area contributed by atoms with Crippen LogP contribution in [0.1, 0.15) is 10.4 Å². The first-order chi connectivity index (χ1) is 13.5. The number of anilines is 1. The van der Waals surface area contributed by atoms with Crippen LogP contribution in [0.25, 0.3) is 5.69 Å². The molecule has 0 aliphatic heterocycles. The third-order valence-electron chi connectivity index (χ3n) is 3.87. The number of imidazole rings is 1. The van der Waals surface area contributed by atoms with Crippen LogP contribution in [0.3, 0.4) is 0 Å². The summed E-state index contributed by atoms with van der Waals surface area (Å²) in [6.07, 6.45) is 5.55. The van der Waals surface area contributed by atoms with Gasteiger partial charge in [-0.3, -0.25) is 14.2 Å². The summed E-state index contributed by atoms with van der Waals surface area (Å²) in [5.41, 5.74) is 1.99. The summed E-state index contributed by atoms with van der Waals surface area (Å²) in [6.45, 7) is 0. The van der Waals surface area contributed by atoms with E-state index in [0.29, 0.717) is 16.1 Å². The lowest BCUT2D eigenvalue weighted by Gasteiger charge is -2.13. The van der Waals surface area contributed by atoms with E-state index in [1.807, 2.05) is 53.4 Å². The van der Waals surface area contributed by atoms with Crippen LogP contribution >= 0.6 is 23.5 Å². The van der Waals surface area contributed by atoms with E-state index in [4.69, 9.17) is 0 Å². The van der Waals surface area contributed by atoms with Gasteiger partial charge in [-0.15, -0.1) is 0 Å². The average Bonchev–Trinajstić information content (AvgIpc) is 3.18. The molecule has 144 valence electrons. The van der Waals surface area contributed by atoms with Gasteiger partial charge in [0, 0.05) is 42.6 Å². The van der Waals surface area contributed by atoms with Gasteiger partial charge in [0.15, 0.2) is 5.16 Å². The molecule has 0 atom stereocenters. The Morgan fingerprint density at radius 3 is 2.64 bits per heavy atom. The number of thioether (sulfide) groups is 2. The highest BCUT2D eigenvalue weighted by molar-refractivity contribution is 8.13. The zero-order valence-corrected chi connectivity index (χ0v) is 17.4. The molecule has 0 unspecified atom stereocenters. The van der Waals surface area contributed by atoms with Gasteiger partial charge >= 0.3 is 0 Å². The van der Waals surface area contributed by atoms with Gasteiger partial charge in [-0.05, 0) is 48.3 Å². The van der Waals surface area contributed by atoms with Crippen molar-refractivity contribution in [2.45, 2.75) is 10.1 Å². The second kappa shape index (κ2) is 8.99. The topological polar surface area (TPSA) is 67.2 Å². The Balaban J connectivity index is 1.83. The van der Waals surface area contributed by atoms with Crippen molar-refractivity contribution in [3.63, 3.8) is 0 Å². The van der Waals surface area contributed by atoms with Gasteiger partial charge in [0.2, 0.25) is 0 Å². The van der Waals surface area contributed by atoms with Crippen molar-refractivity contribution in [2.24, 2.45) is 0 Å². The summed E-state index contributed by atoms with van der Waals surface area (Å²) in [4.78, 5) is 31.3. The van der Waals surface area contributed by atoms with Gasteiger partial charge in [-0.25, -0.2) is 4.98 Å². The minimum atomic E-state index is -0.238. The summed E-state index contributed by atoms with van der Waals surface area (Å²) in [5.74, 6) is -0.238. The van der Waals surface area contributed by atoms with Crippen LogP contribution in [0.4, 0.5) is 10.5 Å². The maximum absolute atomic E-state index is 12.8. The van der Waals surface area contributed by atoms with Gasteiger partial charge in [-0.1, -0.05) is 30.0 Å². The van der Waals surface area contributed by atoms with Crippen LogP contribution in [-0.4, -0.2) is 45.9 Å². The number of nitrogens with zero attached hydrogens (tertiary/aromatic N) is 3. The number of amides is 2. The zero-order chi connectivity index (χ0) is 20.1. The smallest absolute Gasteiger partial charge is 0.286 e. The molecule has 1 N–H and O–H groups in total. The first-order valence-corrected chi connectivity index (χ1v) is 10.5. The highest BCUT2D eigenvalue weighted by atomic mass is 32.2. The SMILES string of the molecule is CSc1nccn1-c1cccc(C(=O)Nc2ccccc2SC(=O)N(C)C)c1. The molecule has 1 heterocycles. The Kier molecular flexibility index (Phi) is 6.43. The van der Waals surface area contributed by atoms with Crippen LogP contribution in [0.2, 0.25) is 0 Å². The van der Waals surface area contributed by atoms with Crippen LogP contribution in [0.5, 0.6) is 0 Å². The van der Waals surface area contributed by atoms with Gasteiger partial charge in [0.1, 0.15) is 0 Å². The van der Waals surface area contributed by atoms with Crippen molar-refractivity contribution in [3.8, 4) is 5.69 Å². The fourth-order valence-electron chi connectivity index (χ4n) is 2.47. The number of carbonyl (C=O) groups excluding carboxylic acids is 2. The Morgan fingerprint density at radius 2 is 1.89 bits per heavy atom. The molecule has 6 nitrogen and oxygen atoms in total. The minimum absolute atomic E-state index is 0.103. The maximum atomic E-state index is 12.8. The largest absolute Gasteiger partial charge is 0.339 e. The molecule has 3 aromatic rings. The van der Waals surface area contributed by atoms with Crippen LogP contribution in [0, 0.1) is 0 Å². The number of benzene rings is 2. The number of para-hydroxylation sites is 1. The quantitative estimate of drug-likeness (QED) is 0.620. The lowest BCUT2D eigenvalue weighted by Crippen LogP contribution is -2.17. The van der Waals surface area contributed by atoms with E-state index in [1.54, 1.807) is 32.4 Å². The van der Waals surface area contributed by atoms with E-state index < -0.39 is 0 Å². The Hall–Kier alpha value is -2.71. The molecule has 8 heteroatoms. The lowest BCUT2D eigenvalue weighted by atomic mass is 10.2. The third-order valence-corrected chi connectivity index (χ3v) is 5.66. The van der Waals surface area contributed by atoms with Gasteiger partial charge < -0.3 is 10.2 Å². The van der Waals surface area contributed by atoms with Crippen molar-refractivity contribution in [2.75, 3.05) is 25.7 Å². The van der Waals surface area contributed by atoms with E-state index in [9.17, 15) is 9.59 Å². The summed E-state index contributed by atoms with van der Waals surface area (Å²) in [5, 5.41) is 3.66. The molecular formula is C20H20N4O2S2. The molecule has 2 amide bonds. The highest BCUT2D eigenvalue weighted by Gasteiger charge is 2.14. The molecule has 0 aliphatic rings. The summed E-state index contributed by atoms with van der Waals surface area (Å²) < 4.78 is 1.93. The van der Waals surface area contributed by atoms with E-state index in [0.717, 1.165) is 22.6 Å². The normalized spacial score (nSPS) is 10.5. The fraction of sp³-hybridized carbons (Fsp3) is 0.150. The number of aromatic nitrogens is 2. The van der Waals surface area contributed by atoms with Crippen LogP contribution < -0.4 is 5.32 Å². The van der Waals surface area contributed by atoms with Crippen molar-refractivity contribution in [1.29, 1.82) is 0 Å². The predicted molar refractivity (Wildman–Crippen MR) is 115 cm³/mol. The molecule has 0 aliphatic carbocycles. The summed E-state index contributed by atoms with van der Waals surface area (Å²) in [7, 11) is 3.39. The van der Waals surface area contributed by atoms with Crippen LogP contribution in [-0.2, 0) is 0 Å². The molecule has 0 radical (unpaired) electrons. The molecule has 2 aromatic carbocycles. The number of rotatable bonds is 5. The van der Waals surface area contributed by atoms with Crippen molar-refractivity contribution in [1.82, 2.24) is 14.5 Å². The first-order valence-electron chi connectivity index (χ1n) is 8.47. The van der Waals surface area contributed by atoms with Gasteiger partial charge in [-0.2, -0.15) is 0 Å². The molecule has 1 aromatic heterocycles. The number of hydrogen-bond acceptors (Lipinski definition) is 5. The molecule has 3 rings (SSSR count). The van der Waals surface area contributed by atoms with Crippen molar-refractivity contribution < 1.29 is 9.59 Å². The lowest BCUT2D eigenvalue weighted by molar-refractivity contribution is 0.102. The van der Waals surface area contributed by atoms with Crippen LogP contribution in [0.15, 0.2) is 71.0 Å². The number of hydrogen-bond donors (Lipinski definition) is 1. The second-order valence-electron chi connectivity index (χ2n) is 6.05.